The number of nitriles is 1. The van der Waals surface area contributed by atoms with Crippen molar-refractivity contribution in [3.63, 3.8) is 0 Å². The summed E-state index contributed by atoms with van der Waals surface area (Å²) in [5.74, 6) is -0.679. The van der Waals surface area contributed by atoms with Gasteiger partial charge < -0.3 is 4.74 Å². The van der Waals surface area contributed by atoms with E-state index in [9.17, 15) is 9.59 Å². The van der Waals surface area contributed by atoms with Gasteiger partial charge in [-0.2, -0.15) is 10.4 Å². The molecule has 0 saturated heterocycles. The second-order valence-corrected chi connectivity index (χ2v) is 7.98. The number of carbonyl (C=O) groups excluding carboxylic acids is 1. The van der Waals surface area contributed by atoms with Crippen LogP contribution in [0.15, 0.2) is 95.8 Å². The van der Waals surface area contributed by atoms with E-state index in [-0.39, 0.29) is 18.7 Å². The van der Waals surface area contributed by atoms with Gasteiger partial charge in [0.25, 0.3) is 5.56 Å². The fourth-order valence-electron chi connectivity index (χ4n) is 3.18. The largest absolute Gasteiger partial charge is 0.462 e. The molecule has 6 nitrogen and oxygen atoms in total. The molecule has 0 aliphatic carbocycles. The fourth-order valence-corrected chi connectivity index (χ4v) is 3.56. The summed E-state index contributed by atoms with van der Waals surface area (Å²) < 4.78 is 6.28. The van der Waals surface area contributed by atoms with Gasteiger partial charge in [0.1, 0.15) is 5.56 Å². The molecule has 0 fully saturated rings. The van der Waals surface area contributed by atoms with E-state index in [1.165, 1.54) is 16.3 Å². The van der Waals surface area contributed by atoms with E-state index < -0.39 is 11.5 Å². The molecule has 0 radical (unpaired) electrons. The van der Waals surface area contributed by atoms with Crippen LogP contribution in [0.25, 0.3) is 11.3 Å². The van der Waals surface area contributed by atoms with Crippen LogP contribution in [0.4, 0.5) is 0 Å². The number of hydrogen-bond donors (Lipinski definition) is 0. The molecule has 0 bridgehead atoms. The Balaban J connectivity index is 0.000000363. The minimum Gasteiger partial charge on any atom is -0.462 e. The van der Waals surface area contributed by atoms with Gasteiger partial charge in [-0.1, -0.05) is 88.7 Å². The van der Waals surface area contributed by atoms with E-state index >= 15 is 0 Å². The van der Waals surface area contributed by atoms with Crippen LogP contribution in [0.1, 0.15) is 34.0 Å². The average Bonchev–Trinajstić information content (AvgIpc) is 2.91. The van der Waals surface area contributed by atoms with E-state index in [0.717, 1.165) is 10.9 Å². The predicted octanol–water partition coefficient (Wildman–Crippen LogP) is 5.59. The second kappa shape index (κ2) is 13.0. The molecule has 1 heterocycles. The quantitative estimate of drug-likeness (QED) is 0.240. The summed E-state index contributed by atoms with van der Waals surface area (Å²) in [4.78, 5) is 25.0. The third-order valence-corrected chi connectivity index (χ3v) is 5.60. The van der Waals surface area contributed by atoms with Crippen LogP contribution < -0.4 is 5.56 Å². The van der Waals surface area contributed by atoms with Gasteiger partial charge in [-0.05, 0) is 36.2 Å². The summed E-state index contributed by atoms with van der Waals surface area (Å²) in [6.45, 7) is 2.09. The molecule has 4 rings (SSSR count). The smallest absolute Gasteiger partial charge is 0.343 e. The Bertz CT molecular complexity index is 1350. The molecule has 0 aliphatic rings. The first kappa shape index (κ1) is 25.6. The number of hydrogen-bond acceptors (Lipinski definition) is 5. The highest BCUT2D eigenvalue weighted by atomic mass is 79.9. The normalized spacial score (nSPS) is 9.97. The molecule has 0 N–H and O–H groups in total. The number of nitrogens with zero attached hydrogens (tertiary/aromatic N) is 3. The zero-order valence-corrected chi connectivity index (χ0v) is 20.8. The molecule has 0 atom stereocenters. The minimum absolute atomic E-state index is 0.0675. The van der Waals surface area contributed by atoms with Crippen molar-refractivity contribution in [3.05, 3.63) is 124 Å². The number of carbonyl (C=O) groups is 1. The molecule has 0 spiro atoms. The van der Waals surface area contributed by atoms with Crippen LogP contribution in [0.5, 0.6) is 0 Å². The first-order chi connectivity index (χ1) is 17.0. The lowest BCUT2D eigenvalue weighted by Crippen LogP contribution is -2.30. The van der Waals surface area contributed by atoms with Gasteiger partial charge in [0, 0.05) is 10.9 Å². The summed E-state index contributed by atoms with van der Waals surface area (Å²) in [5, 5.41) is 14.3. The Labute approximate surface area is 212 Å². The van der Waals surface area contributed by atoms with Crippen LogP contribution in [-0.4, -0.2) is 22.4 Å². The summed E-state index contributed by atoms with van der Waals surface area (Å²) in [6, 6.07) is 29.9. The van der Waals surface area contributed by atoms with E-state index in [2.05, 4.69) is 39.2 Å². The van der Waals surface area contributed by atoms with Gasteiger partial charge in [-0.25, -0.2) is 9.48 Å². The van der Waals surface area contributed by atoms with Gasteiger partial charge in [0.2, 0.25) is 0 Å². The third-order valence-electron chi connectivity index (χ3n) is 4.95. The van der Waals surface area contributed by atoms with Gasteiger partial charge in [-0.3, -0.25) is 4.79 Å². The lowest BCUT2D eigenvalue weighted by Gasteiger charge is -2.11. The van der Waals surface area contributed by atoms with Crippen LogP contribution in [-0.2, 0) is 16.6 Å². The molecule has 0 saturated carbocycles. The SMILES string of the molecule is BrCc1ccccc1.CCOC(=O)c1cc(-c2ccc(C#N)cc2)nn(Cc2ccccc2)c1=O. The highest BCUT2D eigenvalue weighted by molar-refractivity contribution is 9.08. The van der Waals surface area contributed by atoms with E-state index in [4.69, 9.17) is 10.00 Å². The molecule has 7 heteroatoms. The minimum atomic E-state index is -0.679. The number of rotatable bonds is 6. The average molecular weight is 530 g/mol. The van der Waals surface area contributed by atoms with Crippen LogP contribution in [0.3, 0.4) is 0 Å². The van der Waals surface area contributed by atoms with Gasteiger partial charge >= 0.3 is 5.97 Å². The van der Waals surface area contributed by atoms with Crippen molar-refractivity contribution < 1.29 is 9.53 Å². The molecular formula is C28H24BrN3O3. The molecule has 176 valence electrons. The molecular weight excluding hydrogens is 506 g/mol. The second-order valence-electron chi connectivity index (χ2n) is 7.42. The number of alkyl halides is 1. The van der Waals surface area contributed by atoms with Crippen molar-refractivity contribution in [2.45, 2.75) is 18.8 Å². The van der Waals surface area contributed by atoms with Crippen LogP contribution in [0.2, 0.25) is 0 Å². The fraction of sp³-hybridized carbons (Fsp3) is 0.143. The highest BCUT2D eigenvalue weighted by Gasteiger charge is 2.17. The highest BCUT2D eigenvalue weighted by Crippen LogP contribution is 2.18. The summed E-state index contributed by atoms with van der Waals surface area (Å²) >= 11 is 3.36. The number of benzene rings is 3. The van der Waals surface area contributed by atoms with E-state index in [0.29, 0.717) is 16.8 Å². The number of aromatic nitrogens is 2. The lowest BCUT2D eigenvalue weighted by atomic mass is 10.1. The Morgan fingerprint density at radius 1 is 0.971 bits per heavy atom. The lowest BCUT2D eigenvalue weighted by molar-refractivity contribution is 0.0523. The van der Waals surface area contributed by atoms with Crippen LogP contribution >= 0.6 is 15.9 Å². The molecule has 0 aliphatic heterocycles. The van der Waals surface area contributed by atoms with E-state index in [1.807, 2.05) is 48.5 Å². The Kier molecular flexibility index (Phi) is 9.52. The number of halogens is 1. The van der Waals surface area contributed by atoms with Crippen molar-refractivity contribution in [2.24, 2.45) is 0 Å². The van der Waals surface area contributed by atoms with Gasteiger partial charge in [-0.15, -0.1) is 0 Å². The van der Waals surface area contributed by atoms with Crippen molar-refractivity contribution in [1.82, 2.24) is 9.78 Å². The topological polar surface area (TPSA) is 85.0 Å². The standard InChI is InChI=1S/C21H17N3O3.C7H7Br/c1-2-27-21(26)18-12-19(17-10-8-15(13-22)9-11-17)23-24(20(18)25)14-16-6-4-3-5-7-16;8-6-7-4-2-1-3-5-7/h3-12H,2,14H2,1H3;1-5H,6H2. The van der Waals surface area contributed by atoms with Crippen molar-refractivity contribution in [1.29, 1.82) is 5.26 Å². The van der Waals surface area contributed by atoms with Crippen molar-refractivity contribution >= 4 is 21.9 Å². The van der Waals surface area contributed by atoms with Crippen LogP contribution in [0, 0.1) is 11.3 Å². The Morgan fingerprint density at radius 2 is 1.57 bits per heavy atom. The molecule has 4 aromatic rings. The maximum Gasteiger partial charge on any atom is 0.343 e. The number of esters is 1. The van der Waals surface area contributed by atoms with E-state index in [1.54, 1.807) is 31.2 Å². The van der Waals surface area contributed by atoms with Gasteiger partial charge in [0.15, 0.2) is 0 Å². The monoisotopic (exact) mass is 529 g/mol. The number of ether oxygens (including phenoxy) is 1. The summed E-state index contributed by atoms with van der Waals surface area (Å²) in [6.07, 6.45) is 0. The summed E-state index contributed by atoms with van der Waals surface area (Å²) in [7, 11) is 0. The zero-order valence-electron chi connectivity index (χ0n) is 19.2. The Hall–Kier alpha value is -4.02. The third kappa shape index (κ3) is 7.23. The Morgan fingerprint density at radius 3 is 2.09 bits per heavy atom. The zero-order chi connectivity index (χ0) is 25.0. The van der Waals surface area contributed by atoms with Crippen molar-refractivity contribution in [3.8, 4) is 17.3 Å². The molecule has 1 aromatic heterocycles. The summed E-state index contributed by atoms with van der Waals surface area (Å²) in [5.41, 5.74) is 3.31. The molecule has 0 unspecified atom stereocenters. The predicted molar refractivity (Wildman–Crippen MR) is 139 cm³/mol. The van der Waals surface area contributed by atoms with Crippen molar-refractivity contribution in [2.75, 3.05) is 6.61 Å². The molecule has 35 heavy (non-hydrogen) atoms. The maximum absolute atomic E-state index is 12.7. The maximum atomic E-state index is 12.7. The van der Waals surface area contributed by atoms with Gasteiger partial charge in [0.05, 0.1) is 30.5 Å². The first-order valence-corrected chi connectivity index (χ1v) is 12.1. The first-order valence-electron chi connectivity index (χ1n) is 11.0. The molecule has 0 amide bonds. The molecule has 3 aromatic carbocycles.